The highest BCUT2D eigenvalue weighted by Gasteiger charge is 2.23. The lowest BCUT2D eigenvalue weighted by Gasteiger charge is -2.27. The van der Waals surface area contributed by atoms with E-state index in [0.29, 0.717) is 41.4 Å². The van der Waals surface area contributed by atoms with Crippen LogP contribution in [0.5, 0.6) is 5.75 Å². The number of benzene rings is 1. The van der Waals surface area contributed by atoms with E-state index >= 15 is 0 Å². The lowest BCUT2D eigenvalue weighted by molar-refractivity contribution is 0.122. The van der Waals surface area contributed by atoms with Gasteiger partial charge in [0.2, 0.25) is 5.71 Å². The summed E-state index contributed by atoms with van der Waals surface area (Å²) in [5, 5.41) is 0. The minimum absolute atomic E-state index is 0.458. The molecule has 0 amide bonds. The van der Waals surface area contributed by atoms with Crippen LogP contribution in [0, 0.1) is 0 Å². The smallest absolute Gasteiger partial charge is 0.248 e. The predicted molar refractivity (Wildman–Crippen MR) is 99.9 cm³/mol. The zero-order chi connectivity index (χ0) is 18.2. The third kappa shape index (κ3) is 2.74. The van der Waals surface area contributed by atoms with Crippen molar-refractivity contribution in [1.29, 1.82) is 0 Å². The maximum atomic E-state index is 5.97. The molecular weight excluding hydrogens is 346 g/mol. The number of anilines is 1. The minimum Gasteiger partial charge on any atom is -0.497 e. The van der Waals surface area contributed by atoms with E-state index in [1.54, 1.807) is 19.5 Å². The van der Waals surface area contributed by atoms with Crippen molar-refractivity contribution < 1.29 is 13.9 Å². The van der Waals surface area contributed by atoms with Crippen molar-refractivity contribution in [2.24, 2.45) is 0 Å². The Bertz CT molecular complexity index is 1120. The second-order valence-corrected chi connectivity index (χ2v) is 6.19. The van der Waals surface area contributed by atoms with Crippen LogP contribution in [-0.4, -0.2) is 53.3 Å². The van der Waals surface area contributed by atoms with Crippen LogP contribution in [0.15, 0.2) is 41.1 Å². The highest BCUT2D eigenvalue weighted by atomic mass is 16.5. The molecule has 1 aliphatic rings. The van der Waals surface area contributed by atoms with Crippen LogP contribution in [0.3, 0.4) is 0 Å². The molecule has 5 rings (SSSR count). The first-order chi connectivity index (χ1) is 13.3. The number of rotatable bonds is 3. The molecule has 4 heterocycles. The Labute approximate surface area is 154 Å². The summed E-state index contributed by atoms with van der Waals surface area (Å²) in [7, 11) is 1.64. The molecule has 0 aliphatic carbocycles. The van der Waals surface area contributed by atoms with Gasteiger partial charge in [0.25, 0.3) is 0 Å². The topological polar surface area (TPSA) is 86.4 Å². The zero-order valence-electron chi connectivity index (χ0n) is 14.8. The van der Waals surface area contributed by atoms with Crippen LogP contribution >= 0.6 is 0 Å². The van der Waals surface area contributed by atoms with E-state index in [2.05, 4.69) is 14.9 Å². The number of aromatic nitrogens is 4. The van der Waals surface area contributed by atoms with Gasteiger partial charge >= 0.3 is 0 Å². The molecule has 0 spiro atoms. The predicted octanol–water partition coefficient (Wildman–Crippen LogP) is 2.68. The van der Waals surface area contributed by atoms with Crippen molar-refractivity contribution in [3.05, 3.63) is 36.7 Å². The average molecular weight is 363 g/mol. The summed E-state index contributed by atoms with van der Waals surface area (Å²) < 4.78 is 16.8. The van der Waals surface area contributed by atoms with Gasteiger partial charge in [-0.25, -0.2) is 19.9 Å². The lowest BCUT2D eigenvalue weighted by atomic mass is 10.2. The van der Waals surface area contributed by atoms with Crippen molar-refractivity contribution in [3.63, 3.8) is 0 Å². The summed E-state index contributed by atoms with van der Waals surface area (Å²) in [6, 6.07) is 7.69. The van der Waals surface area contributed by atoms with Crippen LogP contribution in [0.25, 0.3) is 33.7 Å². The third-order valence-electron chi connectivity index (χ3n) is 4.57. The molecule has 27 heavy (non-hydrogen) atoms. The monoisotopic (exact) mass is 363 g/mol. The first-order valence-electron chi connectivity index (χ1n) is 8.72. The quantitative estimate of drug-likeness (QED) is 0.549. The van der Waals surface area contributed by atoms with Gasteiger partial charge in [-0.15, -0.1) is 0 Å². The number of nitrogens with zero attached hydrogens (tertiary/aromatic N) is 5. The third-order valence-corrected chi connectivity index (χ3v) is 4.57. The van der Waals surface area contributed by atoms with E-state index in [1.807, 2.05) is 24.3 Å². The maximum absolute atomic E-state index is 5.97. The van der Waals surface area contributed by atoms with Crippen LogP contribution in [0.2, 0.25) is 0 Å². The second kappa shape index (κ2) is 6.48. The Morgan fingerprint density at radius 2 is 1.89 bits per heavy atom. The fraction of sp³-hybridized carbons (Fsp3) is 0.263. The number of methoxy groups -OCH3 is 1. The number of furan rings is 1. The molecule has 0 saturated carbocycles. The Hall–Kier alpha value is -3.26. The van der Waals surface area contributed by atoms with Crippen LogP contribution < -0.4 is 9.64 Å². The SMILES string of the molecule is COc1cccc(-c2nc(N3CCOCC3)c3oc4nccnc4c3n2)c1. The normalized spacial score (nSPS) is 14.8. The Morgan fingerprint density at radius 1 is 1.04 bits per heavy atom. The van der Waals surface area contributed by atoms with E-state index in [4.69, 9.17) is 23.9 Å². The van der Waals surface area contributed by atoms with Crippen molar-refractivity contribution >= 4 is 28.1 Å². The van der Waals surface area contributed by atoms with Gasteiger partial charge in [-0.1, -0.05) is 12.1 Å². The molecule has 3 aromatic heterocycles. The van der Waals surface area contributed by atoms with Gasteiger partial charge in [0.15, 0.2) is 22.7 Å². The Morgan fingerprint density at radius 3 is 2.74 bits per heavy atom. The van der Waals surface area contributed by atoms with E-state index in [9.17, 15) is 0 Å². The van der Waals surface area contributed by atoms with E-state index in [-0.39, 0.29) is 0 Å². The first-order valence-corrected chi connectivity index (χ1v) is 8.72. The molecule has 0 atom stereocenters. The van der Waals surface area contributed by atoms with Crippen LogP contribution in [-0.2, 0) is 4.74 Å². The molecule has 0 bridgehead atoms. The fourth-order valence-electron chi connectivity index (χ4n) is 3.23. The Balaban J connectivity index is 1.77. The van der Waals surface area contributed by atoms with Crippen molar-refractivity contribution in [1.82, 2.24) is 19.9 Å². The molecule has 1 aromatic carbocycles. The van der Waals surface area contributed by atoms with Gasteiger partial charge in [0.1, 0.15) is 11.3 Å². The number of fused-ring (bicyclic) bond motifs is 3. The molecule has 0 radical (unpaired) electrons. The lowest BCUT2D eigenvalue weighted by Crippen LogP contribution is -2.37. The summed E-state index contributed by atoms with van der Waals surface area (Å²) in [5.41, 5.74) is 3.22. The van der Waals surface area contributed by atoms with Gasteiger partial charge in [-0.3, -0.25) is 0 Å². The molecule has 1 saturated heterocycles. The molecule has 4 aromatic rings. The zero-order valence-corrected chi connectivity index (χ0v) is 14.8. The number of hydrogen-bond acceptors (Lipinski definition) is 8. The van der Waals surface area contributed by atoms with Crippen LogP contribution in [0.1, 0.15) is 0 Å². The van der Waals surface area contributed by atoms with Gasteiger partial charge in [-0.05, 0) is 12.1 Å². The van der Waals surface area contributed by atoms with Crippen molar-refractivity contribution in [2.75, 3.05) is 38.3 Å². The summed E-state index contributed by atoms with van der Waals surface area (Å²) in [4.78, 5) is 20.4. The Kier molecular flexibility index (Phi) is 3.83. The molecule has 136 valence electrons. The van der Waals surface area contributed by atoms with E-state index in [1.165, 1.54) is 0 Å². The summed E-state index contributed by atoms with van der Waals surface area (Å²) >= 11 is 0. The number of ether oxygens (including phenoxy) is 2. The van der Waals surface area contributed by atoms with Crippen molar-refractivity contribution in [2.45, 2.75) is 0 Å². The highest BCUT2D eigenvalue weighted by Crippen LogP contribution is 2.34. The number of morpholine rings is 1. The molecule has 8 nitrogen and oxygen atoms in total. The molecule has 1 aliphatic heterocycles. The summed E-state index contributed by atoms with van der Waals surface area (Å²) in [6.45, 7) is 2.77. The minimum atomic E-state index is 0.458. The number of hydrogen-bond donors (Lipinski definition) is 0. The fourth-order valence-corrected chi connectivity index (χ4v) is 3.23. The maximum Gasteiger partial charge on any atom is 0.248 e. The molecule has 0 unspecified atom stereocenters. The first kappa shape index (κ1) is 16.0. The van der Waals surface area contributed by atoms with Gasteiger partial charge in [-0.2, -0.15) is 0 Å². The summed E-state index contributed by atoms with van der Waals surface area (Å²) in [6.07, 6.45) is 3.24. The molecule has 8 heteroatoms. The highest BCUT2D eigenvalue weighted by molar-refractivity contribution is 6.03. The van der Waals surface area contributed by atoms with E-state index < -0.39 is 0 Å². The van der Waals surface area contributed by atoms with Crippen LogP contribution in [0.4, 0.5) is 5.82 Å². The van der Waals surface area contributed by atoms with Gasteiger partial charge < -0.3 is 18.8 Å². The molecule has 0 N–H and O–H groups in total. The molecular formula is C19H17N5O3. The second-order valence-electron chi connectivity index (χ2n) is 6.19. The largest absolute Gasteiger partial charge is 0.497 e. The van der Waals surface area contributed by atoms with Gasteiger partial charge in [0, 0.05) is 31.0 Å². The average Bonchev–Trinajstić information content (AvgIpc) is 3.12. The summed E-state index contributed by atoms with van der Waals surface area (Å²) in [5.74, 6) is 2.08. The van der Waals surface area contributed by atoms with Gasteiger partial charge in [0.05, 0.1) is 20.3 Å². The molecule has 1 fully saturated rings. The van der Waals surface area contributed by atoms with E-state index in [0.717, 1.165) is 30.2 Å². The standard InChI is InChI=1S/C19H17N5O3/c1-25-13-4-2-3-12(11-13)17-22-14-15-19(21-6-5-20-15)27-16(14)18(23-17)24-7-9-26-10-8-24/h2-6,11H,7-10H2,1H3. The van der Waals surface area contributed by atoms with Crippen molar-refractivity contribution in [3.8, 4) is 17.1 Å².